The fourth-order valence-corrected chi connectivity index (χ4v) is 2.99. The molecule has 1 aliphatic carbocycles. The number of unbranched alkanes of at least 4 members (excludes halogenated alkanes) is 1. The Morgan fingerprint density at radius 1 is 1.29 bits per heavy atom. The van der Waals surface area contributed by atoms with Crippen LogP contribution in [0.1, 0.15) is 71.1 Å². The predicted molar refractivity (Wildman–Crippen MR) is 77.3 cm³/mol. The van der Waals surface area contributed by atoms with Gasteiger partial charge in [-0.25, -0.2) is 0 Å². The van der Waals surface area contributed by atoms with Crippen molar-refractivity contribution < 1.29 is 0 Å². The van der Waals surface area contributed by atoms with E-state index in [1.54, 1.807) is 0 Å². The van der Waals surface area contributed by atoms with E-state index in [1.807, 2.05) is 0 Å². The van der Waals surface area contributed by atoms with Crippen LogP contribution in [-0.4, -0.2) is 12.6 Å². The quantitative estimate of drug-likeness (QED) is 0.453. The summed E-state index contributed by atoms with van der Waals surface area (Å²) in [5.41, 5.74) is 0. The molecule has 0 saturated heterocycles. The average molecular weight is 237 g/mol. The molecule has 100 valence electrons. The Bertz CT molecular complexity index is 182. The van der Waals surface area contributed by atoms with Crippen molar-refractivity contribution in [1.29, 1.82) is 0 Å². The van der Waals surface area contributed by atoms with Crippen molar-refractivity contribution in [1.82, 2.24) is 5.32 Å². The molecule has 0 heterocycles. The summed E-state index contributed by atoms with van der Waals surface area (Å²) in [4.78, 5) is 0. The Labute approximate surface area is 108 Å². The summed E-state index contributed by atoms with van der Waals surface area (Å²) in [6.45, 7) is 7.26. The van der Waals surface area contributed by atoms with Gasteiger partial charge >= 0.3 is 0 Å². The van der Waals surface area contributed by atoms with Gasteiger partial charge in [0.25, 0.3) is 0 Å². The summed E-state index contributed by atoms with van der Waals surface area (Å²) in [7, 11) is 0. The lowest BCUT2D eigenvalue weighted by Gasteiger charge is -2.27. The van der Waals surface area contributed by atoms with Crippen LogP contribution in [0, 0.1) is 5.92 Å². The van der Waals surface area contributed by atoms with E-state index < -0.39 is 0 Å². The molecule has 1 aliphatic rings. The van der Waals surface area contributed by atoms with E-state index in [4.69, 9.17) is 0 Å². The molecule has 0 radical (unpaired) electrons. The van der Waals surface area contributed by atoms with E-state index in [2.05, 4.69) is 24.9 Å². The molecule has 1 nitrogen and oxygen atoms in total. The van der Waals surface area contributed by atoms with E-state index in [1.165, 1.54) is 70.8 Å². The smallest absolute Gasteiger partial charge is 0.00698 e. The van der Waals surface area contributed by atoms with Crippen molar-refractivity contribution in [2.45, 2.75) is 77.2 Å². The number of allylic oxidation sites excluding steroid dienone is 1. The van der Waals surface area contributed by atoms with Crippen LogP contribution in [0.4, 0.5) is 0 Å². The second-order valence-corrected chi connectivity index (χ2v) is 5.61. The fourth-order valence-electron chi connectivity index (χ4n) is 2.99. The lowest BCUT2D eigenvalue weighted by Crippen LogP contribution is -2.32. The van der Waals surface area contributed by atoms with Gasteiger partial charge in [-0.2, -0.15) is 0 Å². The van der Waals surface area contributed by atoms with Crippen molar-refractivity contribution >= 4 is 0 Å². The van der Waals surface area contributed by atoms with Gasteiger partial charge in [0.2, 0.25) is 0 Å². The molecule has 0 spiro atoms. The maximum Gasteiger partial charge on any atom is 0.00698 e. The summed E-state index contributed by atoms with van der Waals surface area (Å²) >= 11 is 0. The van der Waals surface area contributed by atoms with Gasteiger partial charge in [0.15, 0.2) is 0 Å². The normalized spacial score (nSPS) is 19.1. The van der Waals surface area contributed by atoms with Crippen LogP contribution in [-0.2, 0) is 0 Å². The topological polar surface area (TPSA) is 12.0 Å². The Kier molecular flexibility index (Phi) is 8.42. The summed E-state index contributed by atoms with van der Waals surface area (Å²) < 4.78 is 0. The SMILES string of the molecule is C=CCCCC(CC1CCCCC1)NCCC. The molecule has 0 bridgehead atoms. The van der Waals surface area contributed by atoms with Crippen molar-refractivity contribution in [2.24, 2.45) is 5.92 Å². The molecular formula is C16H31N. The van der Waals surface area contributed by atoms with E-state index in [0.29, 0.717) is 0 Å². The maximum atomic E-state index is 3.81. The minimum absolute atomic E-state index is 0.762. The molecule has 1 N–H and O–H groups in total. The Balaban J connectivity index is 2.24. The zero-order chi connectivity index (χ0) is 12.3. The van der Waals surface area contributed by atoms with Gasteiger partial charge in [0.1, 0.15) is 0 Å². The molecule has 0 aromatic rings. The summed E-state index contributed by atoms with van der Waals surface area (Å²) in [5, 5.41) is 3.74. The van der Waals surface area contributed by atoms with Crippen molar-refractivity contribution in [3.63, 3.8) is 0 Å². The first-order chi connectivity index (χ1) is 8.36. The molecule has 17 heavy (non-hydrogen) atoms. The highest BCUT2D eigenvalue weighted by atomic mass is 14.9. The molecule has 1 heteroatoms. The molecule has 0 amide bonds. The number of hydrogen-bond donors (Lipinski definition) is 1. The summed E-state index contributed by atoms with van der Waals surface area (Å²) in [5.74, 6) is 1.00. The van der Waals surface area contributed by atoms with Gasteiger partial charge in [-0.3, -0.25) is 0 Å². The third kappa shape index (κ3) is 6.88. The van der Waals surface area contributed by atoms with E-state index in [0.717, 1.165) is 12.0 Å². The van der Waals surface area contributed by atoms with Gasteiger partial charge in [-0.1, -0.05) is 45.1 Å². The van der Waals surface area contributed by atoms with Crippen molar-refractivity contribution in [3.05, 3.63) is 12.7 Å². The Hall–Kier alpha value is -0.300. The van der Waals surface area contributed by atoms with Crippen LogP contribution >= 0.6 is 0 Å². The van der Waals surface area contributed by atoms with Gasteiger partial charge in [-0.05, 0) is 44.6 Å². The molecule has 1 saturated carbocycles. The average Bonchev–Trinajstić information content (AvgIpc) is 2.37. The van der Waals surface area contributed by atoms with E-state index in [-0.39, 0.29) is 0 Å². The monoisotopic (exact) mass is 237 g/mol. The lowest BCUT2D eigenvalue weighted by molar-refractivity contribution is 0.289. The molecule has 1 atom stereocenters. The molecular weight excluding hydrogens is 206 g/mol. The Morgan fingerprint density at radius 2 is 2.06 bits per heavy atom. The largest absolute Gasteiger partial charge is 0.314 e. The van der Waals surface area contributed by atoms with Crippen LogP contribution in [0.25, 0.3) is 0 Å². The standard InChI is InChI=1S/C16H31N/c1-3-5-7-12-16(17-13-4-2)14-15-10-8-6-9-11-15/h3,15-17H,1,4-14H2,2H3. The summed E-state index contributed by atoms with van der Waals surface area (Å²) in [6, 6.07) is 0.762. The zero-order valence-electron chi connectivity index (χ0n) is 11.7. The first kappa shape index (κ1) is 14.8. The molecule has 0 aromatic carbocycles. The minimum atomic E-state index is 0.762. The second-order valence-electron chi connectivity index (χ2n) is 5.61. The van der Waals surface area contributed by atoms with Gasteiger partial charge in [-0.15, -0.1) is 6.58 Å². The highest BCUT2D eigenvalue weighted by Crippen LogP contribution is 2.28. The maximum absolute atomic E-state index is 3.81. The molecule has 1 unspecified atom stereocenters. The first-order valence-corrected chi connectivity index (χ1v) is 7.71. The summed E-state index contributed by atoms with van der Waals surface area (Å²) in [6.07, 6.45) is 15.9. The van der Waals surface area contributed by atoms with Crippen molar-refractivity contribution in [2.75, 3.05) is 6.54 Å². The Morgan fingerprint density at radius 3 is 2.71 bits per heavy atom. The second kappa shape index (κ2) is 9.70. The molecule has 1 fully saturated rings. The highest BCUT2D eigenvalue weighted by molar-refractivity contribution is 4.76. The van der Waals surface area contributed by atoms with Crippen LogP contribution in [0.3, 0.4) is 0 Å². The fraction of sp³-hybridized carbons (Fsp3) is 0.875. The third-order valence-corrected chi connectivity index (χ3v) is 3.99. The number of rotatable bonds is 9. The van der Waals surface area contributed by atoms with Crippen LogP contribution in [0.2, 0.25) is 0 Å². The first-order valence-electron chi connectivity index (χ1n) is 7.71. The predicted octanol–water partition coefficient (Wildman–Crippen LogP) is 4.68. The van der Waals surface area contributed by atoms with E-state index >= 15 is 0 Å². The number of nitrogens with one attached hydrogen (secondary N) is 1. The van der Waals surface area contributed by atoms with Crippen molar-refractivity contribution in [3.8, 4) is 0 Å². The minimum Gasteiger partial charge on any atom is -0.314 e. The molecule has 1 rings (SSSR count). The lowest BCUT2D eigenvalue weighted by atomic mass is 9.84. The van der Waals surface area contributed by atoms with Gasteiger partial charge in [0, 0.05) is 6.04 Å². The zero-order valence-corrected chi connectivity index (χ0v) is 11.7. The van der Waals surface area contributed by atoms with Crippen LogP contribution in [0.5, 0.6) is 0 Å². The number of hydrogen-bond acceptors (Lipinski definition) is 1. The molecule has 0 aromatic heterocycles. The van der Waals surface area contributed by atoms with Gasteiger partial charge in [0.05, 0.1) is 0 Å². The van der Waals surface area contributed by atoms with Crippen LogP contribution < -0.4 is 5.32 Å². The highest BCUT2D eigenvalue weighted by Gasteiger charge is 2.18. The third-order valence-electron chi connectivity index (χ3n) is 3.99. The van der Waals surface area contributed by atoms with E-state index in [9.17, 15) is 0 Å². The van der Waals surface area contributed by atoms with Gasteiger partial charge < -0.3 is 5.32 Å². The van der Waals surface area contributed by atoms with Crippen LogP contribution in [0.15, 0.2) is 12.7 Å². The molecule has 0 aliphatic heterocycles.